The largest absolute Gasteiger partial charge is 0.339 e. The van der Waals surface area contributed by atoms with Crippen LogP contribution in [0.25, 0.3) is 0 Å². The number of aromatic nitrogens is 2. The van der Waals surface area contributed by atoms with Gasteiger partial charge in [0.15, 0.2) is 5.82 Å². The molecule has 96 valence electrons. The Morgan fingerprint density at radius 3 is 2.65 bits per heavy atom. The van der Waals surface area contributed by atoms with Crippen molar-refractivity contribution in [3.63, 3.8) is 0 Å². The number of nitrogens with zero attached hydrogens (tertiary/aromatic N) is 2. The molecule has 3 atom stereocenters. The maximum absolute atomic E-state index is 6.09. The van der Waals surface area contributed by atoms with Gasteiger partial charge in [-0.25, -0.2) is 0 Å². The number of hydrogen-bond acceptors (Lipinski definition) is 4. The van der Waals surface area contributed by atoms with Crippen LogP contribution in [0.4, 0.5) is 0 Å². The summed E-state index contributed by atoms with van der Waals surface area (Å²) in [5.41, 5.74) is 6.34. The second-order valence-electron chi connectivity index (χ2n) is 6.59. The fourth-order valence-corrected chi connectivity index (χ4v) is 2.27. The zero-order chi connectivity index (χ0) is 12.6. The lowest BCUT2D eigenvalue weighted by atomic mass is 9.87. The predicted octanol–water partition coefficient (Wildman–Crippen LogP) is 2.50. The summed E-state index contributed by atoms with van der Waals surface area (Å²) in [6, 6.07) is 0.0972. The molecule has 1 aliphatic carbocycles. The molecule has 0 aromatic carbocycles. The first-order valence-electron chi connectivity index (χ1n) is 6.43. The monoisotopic (exact) mass is 237 g/mol. The number of hydrogen-bond donors (Lipinski definition) is 1. The van der Waals surface area contributed by atoms with Crippen LogP contribution in [0.1, 0.15) is 58.2 Å². The smallest absolute Gasteiger partial charge is 0.228 e. The summed E-state index contributed by atoms with van der Waals surface area (Å²) in [6.07, 6.45) is 2.84. The zero-order valence-corrected chi connectivity index (χ0v) is 11.2. The molecule has 17 heavy (non-hydrogen) atoms. The van der Waals surface area contributed by atoms with Crippen LogP contribution in [0, 0.1) is 11.3 Å². The van der Waals surface area contributed by atoms with E-state index in [0.29, 0.717) is 24.1 Å². The van der Waals surface area contributed by atoms with Crippen molar-refractivity contribution in [2.45, 2.75) is 58.9 Å². The summed E-state index contributed by atoms with van der Waals surface area (Å²) in [5, 5.41) is 4.04. The summed E-state index contributed by atoms with van der Waals surface area (Å²) >= 11 is 0. The van der Waals surface area contributed by atoms with Gasteiger partial charge in [0.1, 0.15) is 0 Å². The lowest BCUT2D eigenvalue weighted by Crippen LogP contribution is -2.28. The standard InChI is InChI=1S/C13H23N3O/c1-8-5-10(8)12-15-11(17-16-12)6-9(14)7-13(2,3)4/h8-10H,5-7,14H2,1-4H3. The van der Waals surface area contributed by atoms with E-state index < -0.39 is 0 Å². The van der Waals surface area contributed by atoms with E-state index in [1.807, 2.05) is 0 Å². The highest BCUT2D eigenvalue weighted by Crippen LogP contribution is 2.45. The van der Waals surface area contributed by atoms with Crippen LogP contribution in [-0.4, -0.2) is 16.2 Å². The minimum absolute atomic E-state index is 0.0972. The van der Waals surface area contributed by atoms with Gasteiger partial charge in [0.2, 0.25) is 5.89 Å². The Hall–Kier alpha value is -0.900. The highest BCUT2D eigenvalue weighted by atomic mass is 16.5. The molecule has 2 N–H and O–H groups in total. The molecule has 1 heterocycles. The minimum Gasteiger partial charge on any atom is -0.339 e. The Bertz CT molecular complexity index is 380. The lowest BCUT2D eigenvalue weighted by Gasteiger charge is -2.21. The molecule has 0 amide bonds. The van der Waals surface area contributed by atoms with Gasteiger partial charge in [-0.05, 0) is 24.2 Å². The average molecular weight is 237 g/mol. The fraction of sp³-hybridized carbons (Fsp3) is 0.846. The van der Waals surface area contributed by atoms with Crippen molar-refractivity contribution >= 4 is 0 Å². The SMILES string of the molecule is CC1CC1c1noc(CC(N)CC(C)(C)C)n1. The molecule has 1 fully saturated rings. The third-order valence-corrected chi connectivity index (χ3v) is 3.24. The Balaban J connectivity index is 1.88. The van der Waals surface area contributed by atoms with E-state index in [4.69, 9.17) is 10.3 Å². The molecule has 0 bridgehead atoms. The third kappa shape index (κ3) is 3.53. The van der Waals surface area contributed by atoms with Crippen molar-refractivity contribution < 1.29 is 4.52 Å². The van der Waals surface area contributed by atoms with E-state index in [9.17, 15) is 0 Å². The first-order valence-corrected chi connectivity index (χ1v) is 6.43. The van der Waals surface area contributed by atoms with Crippen molar-refractivity contribution in [1.29, 1.82) is 0 Å². The van der Waals surface area contributed by atoms with Crippen LogP contribution in [0.15, 0.2) is 4.52 Å². The van der Waals surface area contributed by atoms with Crippen LogP contribution in [0.2, 0.25) is 0 Å². The highest BCUT2D eigenvalue weighted by Gasteiger charge is 2.38. The molecule has 0 aliphatic heterocycles. The molecular weight excluding hydrogens is 214 g/mol. The molecule has 2 rings (SSSR count). The molecule has 1 saturated carbocycles. The van der Waals surface area contributed by atoms with Crippen molar-refractivity contribution in [1.82, 2.24) is 10.1 Å². The topological polar surface area (TPSA) is 64.9 Å². The maximum atomic E-state index is 6.09. The number of rotatable bonds is 4. The van der Waals surface area contributed by atoms with Gasteiger partial charge in [-0.3, -0.25) is 0 Å². The van der Waals surface area contributed by atoms with E-state index in [1.54, 1.807) is 0 Å². The molecule has 0 radical (unpaired) electrons. The van der Waals surface area contributed by atoms with Crippen molar-refractivity contribution in [2.24, 2.45) is 17.1 Å². The molecule has 1 aliphatic rings. The molecular formula is C13H23N3O. The van der Waals surface area contributed by atoms with Crippen molar-refractivity contribution in [3.8, 4) is 0 Å². The van der Waals surface area contributed by atoms with E-state index >= 15 is 0 Å². The number of nitrogens with two attached hydrogens (primary N) is 1. The van der Waals surface area contributed by atoms with Crippen LogP contribution < -0.4 is 5.73 Å². The Morgan fingerprint density at radius 2 is 2.12 bits per heavy atom. The average Bonchev–Trinajstić information content (AvgIpc) is 2.71. The maximum Gasteiger partial charge on any atom is 0.228 e. The van der Waals surface area contributed by atoms with Gasteiger partial charge >= 0.3 is 0 Å². The molecule has 0 spiro atoms. The molecule has 4 nitrogen and oxygen atoms in total. The predicted molar refractivity (Wildman–Crippen MR) is 66.6 cm³/mol. The van der Waals surface area contributed by atoms with Gasteiger partial charge in [0.05, 0.1) is 0 Å². The summed E-state index contributed by atoms with van der Waals surface area (Å²) in [5.74, 6) is 2.79. The Labute approximate surface area is 103 Å². The van der Waals surface area contributed by atoms with E-state index in [1.165, 1.54) is 6.42 Å². The molecule has 0 saturated heterocycles. The van der Waals surface area contributed by atoms with E-state index in [2.05, 4.69) is 37.8 Å². The second-order valence-corrected chi connectivity index (χ2v) is 6.59. The van der Waals surface area contributed by atoms with Crippen LogP contribution >= 0.6 is 0 Å². The molecule has 3 unspecified atom stereocenters. The normalized spacial score (nSPS) is 25.9. The fourth-order valence-electron chi connectivity index (χ4n) is 2.27. The lowest BCUT2D eigenvalue weighted by molar-refractivity contribution is 0.312. The summed E-state index contributed by atoms with van der Waals surface area (Å²) in [7, 11) is 0. The highest BCUT2D eigenvalue weighted by molar-refractivity contribution is 5.07. The second kappa shape index (κ2) is 4.41. The Kier molecular flexibility index (Phi) is 3.25. The Morgan fingerprint density at radius 1 is 1.47 bits per heavy atom. The first-order chi connectivity index (χ1) is 7.85. The first kappa shape index (κ1) is 12.6. The summed E-state index contributed by atoms with van der Waals surface area (Å²) < 4.78 is 5.26. The van der Waals surface area contributed by atoms with Crippen LogP contribution in [0.3, 0.4) is 0 Å². The van der Waals surface area contributed by atoms with Crippen molar-refractivity contribution in [3.05, 3.63) is 11.7 Å². The van der Waals surface area contributed by atoms with E-state index in [0.717, 1.165) is 12.2 Å². The van der Waals surface area contributed by atoms with Gasteiger partial charge in [0.25, 0.3) is 0 Å². The third-order valence-electron chi connectivity index (χ3n) is 3.24. The van der Waals surface area contributed by atoms with Gasteiger partial charge in [-0.1, -0.05) is 32.9 Å². The van der Waals surface area contributed by atoms with Gasteiger partial charge in [0, 0.05) is 18.4 Å². The molecule has 4 heteroatoms. The van der Waals surface area contributed by atoms with Gasteiger partial charge in [-0.15, -0.1) is 0 Å². The quantitative estimate of drug-likeness (QED) is 0.873. The zero-order valence-electron chi connectivity index (χ0n) is 11.2. The van der Waals surface area contributed by atoms with Crippen molar-refractivity contribution in [2.75, 3.05) is 0 Å². The van der Waals surface area contributed by atoms with Crippen LogP contribution in [0.5, 0.6) is 0 Å². The molecule has 1 aromatic heterocycles. The minimum atomic E-state index is 0.0972. The molecule has 1 aromatic rings. The van der Waals surface area contributed by atoms with Gasteiger partial charge in [-0.2, -0.15) is 4.98 Å². The van der Waals surface area contributed by atoms with E-state index in [-0.39, 0.29) is 11.5 Å². The van der Waals surface area contributed by atoms with Crippen LogP contribution in [-0.2, 0) is 6.42 Å². The summed E-state index contributed by atoms with van der Waals surface area (Å²) in [6.45, 7) is 8.79. The van der Waals surface area contributed by atoms with Gasteiger partial charge < -0.3 is 10.3 Å². The summed E-state index contributed by atoms with van der Waals surface area (Å²) in [4.78, 5) is 4.43.